The monoisotopic (exact) mass is 508 g/mol. The van der Waals surface area contributed by atoms with Crippen molar-refractivity contribution in [2.24, 2.45) is 5.92 Å². The lowest BCUT2D eigenvalue weighted by molar-refractivity contribution is 0.0177. The maximum atomic E-state index is 13.2. The van der Waals surface area contributed by atoms with Gasteiger partial charge in [-0.05, 0) is 55.9 Å². The number of benzene rings is 2. The third-order valence-electron chi connectivity index (χ3n) is 6.43. The van der Waals surface area contributed by atoms with Crippen LogP contribution in [-0.4, -0.2) is 71.9 Å². The summed E-state index contributed by atoms with van der Waals surface area (Å²) in [5.41, 5.74) is 3.69. The molecule has 2 N–H and O–H groups in total. The van der Waals surface area contributed by atoms with Crippen LogP contribution in [0.15, 0.2) is 72.9 Å². The number of likely N-dealkylation sites (N-methyl/N-ethyl adjacent to an activating group) is 1. The van der Waals surface area contributed by atoms with E-state index in [4.69, 9.17) is 4.74 Å². The molecule has 3 atom stereocenters. The van der Waals surface area contributed by atoms with E-state index in [1.165, 1.54) is 29.8 Å². The molecule has 8 heteroatoms. The molecular weight excluding hydrogens is 471 g/mol. The van der Waals surface area contributed by atoms with E-state index in [1.54, 1.807) is 25.1 Å². The minimum Gasteiger partial charge on any atom is -0.394 e. The third kappa shape index (κ3) is 8.35. The number of aliphatic hydroxyl groups excluding tert-OH is 1. The molecular formula is C29H37FN4O3. The fourth-order valence-electron chi connectivity index (χ4n) is 4.20. The van der Waals surface area contributed by atoms with Crippen LogP contribution < -0.4 is 5.32 Å². The number of carbonyl (C=O) groups is 1. The summed E-state index contributed by atoms with van der Waals surface area (Å²) in [6.45, 7) is 5.46. The number of methoxy groups -OCH3 is 1. The van der Waals surface area contributed by atoms with Gasteiger partial charge in [-0.15, -0.1) is 0 Å². The molecule has 198 valence electrons. The molecule has 0 saturated heterocycles. The maximum absolute atomic E-state index is 13.2. The number of pyridine rings is 1. The molecule has 2 aromatic carbocycles. The van der Waals surface area contributed by atoms with Crippen LogP contribution >= 0.6 is 0 Å². The Morgan fingerprint density at radius 2 is 1.76 bits per heavy atom. The van der Waals surface area contributed by atoms with Gasteiger partial charge in [0.1, 0.15) is 5.82 Å². The van der Waals surface area contributed by atoms with Crippen LogP contribution in [0, 0.1) is 11.7 Å². The number of amides is 2. The largest absolute Gasteiger partial charge is 0.394 e. The highest BCUT2D eigenvalue weighted by Crippen LogP contribution is 2.19. The number of carbonyl (C=O) groups excluding carboxylic acids is 1. The zero-order valence-electron chi connectivity index (χ0n) is 22.0. The van der Waals surface area contributed by atoms with Gasteiger partial charge in [-0.3, -0.25) is 9.88 Å². The molecule has 1 aromatic heterocycles. The van der Waals surface area contributed by atoms with Crippen LogP contribution in [0.25, 0.3) is 11.3 Å². The van der Waals surface area contributed by atoms with Gasteiger partial charge in [0.05, 0.1) is 24.4 Å². The van der Waals surface area contributed by atoms with Gasteiger partial charge in [0.2, 0.25) is 0 Å². The van der Waals surface area contributed by atoms with Gasteiger partial charge in [-0.2, -0.15) is 0 Å². The Labute approximate surface area is 218 Å². The molecule has 0 radical (unpaired) electrons. The quantitative estimate of drug-likeness (QED) is 0.364. The normalized spacial score (nSPS) is 13.7. The number of urea groups is 1. The number of ether oxygens (including phenoxy) is 1. The first kappa shape index (κ1) is 28.2. The van der Waals surface area contributed by atoms with Crippen molar-refractivity contribution in [3.63, 3.8) is 0 Å². The predicted octanol–water partition coefficient (Wildman–Crippen LogP) is 4.89. The van der Waals surface area contributed by atoms with Crippen molar-refractivity contribution < 1.29 is 19.0 Å². The molecule has 3 rings (SSSR count). The van der Waals surface area contributed by atoms with E-state index in [2.05, 4.69) is 39.5 Å². The molecule has 0 aliphatic carbocycles. The summed E-state index contributed by atoms with van der Waals surface area (Å²) in [7, 11) is 3.72. The van der Waals surface area contributed by atoms with Crippen LogP contribution in [0.5, 0.6) is 0 Å². The summed E-state index contributed by atoms with van der Waals surface area (Å²) in [5, 5.41) is 12.5. The van der Waals surface area contributed by atoms with Gasteiger partial charge >= 0.3 is 6.03 Å². The van der Waals surface area contributed by atoms with E-state index in [9.17, 15) is 14.3 Å². The molecule has 0 aliphatic rings. The average molecular weight is 509 g/mol. The minimum absolute atomic E-state index is 0.00745. The molecule has 0 unspecified atom stereocenters. The first-order chi connectivity index (χ1) is 17.8. The van der Waals surface area contributed by atoms with Crippen molar-refractivity contribution in [2.75, 3.05) is 39.2 Å². The SMILES string of the molecule is CO[C@H](CN(C)Cc1ccc(-c2ccccn2)cc1)[C@H](C)CN(C(=O)Nc1ccc(F)cc1)[C@@H](C)CO. The zero-order chi connectivity index (χ0) is 26.8. The molecule has 37 heavy (non-hydrogen) atoms. The average Bonchev–Trinajstić information content (AvgIpc) is 2.92. The van der Waals surface area contributed by atoms with E-state index >= 15 is 0 Å². The number of rotatable bonds is 12. The lowest BCUT2D eigenvalue weighted by Crippen LogP contribution is -2.48. The number of aliphatic hydroxyl groups is 1. The first-order valence-corrected chi connectivity index (χ1v) is 12.5. The number of nitrogens with one attached hydrogen (secondary N) is 1. The molecule has 2 amide bonds. The van der Waals surface area contributed by atoms with Crippen molar-refractivity contribution in [1.29, 1.82) is 0 Å². The van der Waals surface area contributed by atoms with E-state index in [0.717, 1.165) is 17.8 Å². The van der Waals surface area contributed by atoms with Crippen LogP contribution in [-0.2, 0) is 11.3 Å². The molecule has 0 spiro atoms. The number of aromatic nitrogens is 1. The van der Waals surface area contributed by atoms with E-state index < -0.39 is 6.04 Å². The standard InChI is InChI=1S/C29H37FN4O3/c1-21(17-34(22(2)20-35)29(36)32-26-14-12-25(30)13-15-26)28(37-4)19-33(3)18-23-8-10-24(11-9-23)27-7-5-6-16-31-27/h5-16,21-22,28,35H,17-20H2,1-4H3,(H,32,36)/t21-,22+,28-/m1/s1. The highest BCUT2D eigenvalue weighted by molar-refractivity contribution is 5.89. The molecule has 3 aromatic rings. The Kier molecular flexibility index (Phi) is 10.6. The summed E-state index contributed by atoms with van der Waals surface area (Å²) < 4.78 is 19.0. The van der Waals surface area contributed by atoms with E-state index in [0.29, 0.717) is 18.8 Å². The Balaban J connectivity index is 1.59. The van der Waals surface area contributed by atoms with Crippen LogP contribution in [0.3, 0.4) is 0 Å². The molecule has 0 saturated carbocycles. The van der Waals surface area contributed by atoms with Crippen LogP contribution in [0.2, 0.25) is 0 Å². The van der Waals surface area contributed by atoms with Crippen molar-refractivity contribution in [3.8, 4) is 11.3 Å². The summed E-state index contributed by atoms with van der Waals surface area (Å²) in [4.78, 5) is 21.2. The third-order valence-corrected chi connectivity index (χ3v) is 6.43. The first-order valence-electron chi connectivity index (χ1n) is 12.5. The topological polar surface area (TPSA) is 77.9 Å². The molecule has 0 fully saturated rings. The van der Waals surface area contributed by atoms with Gasteiger partial charge in [-0.25, -0.2) is 9.18 Å². The Hall–Kier alpha value is -3.33. The van der Waals surface area contributed by atoms with E-state index in [-0.39, 0.29) is 30.5 Å². The summed E-state index contributed by atoms with van der Waals surface area (Å²) >= 11 is 0. The Morgan fingerprint density at radius 3 is 2.35 bits per heavy atom. The predicted molar refractivity (Wildman–Crippen MR) is 145 cm³/mol. The summed E-state index contributed by atoms with van der Waals surface area (Å²) in [6, 6.07) is 19.1. The number of hydrogen-bond donors (Lipinski definition) is 2. The second-order valence-electron chi connectivity index (χ2n) is 9.48. The van der Waals surface area contributed by atoms with Gasteiger partial charge in [0.25, 0.3) is 0 Å². The second kappa shape index (κ2) is 13.8. The van der Waals surface area contributed by atoms with Crippen LogP contribution in [0.1, 0.15) is 19.4 Å². The summed E-state index contributed by atoms with van der Waals surface area (Å²) in [6.07, 6.45) is 1.66. The molecule has 0 aliphatic heterocycles. The molecule has 0 bridgehead atoms. The number of halogens is 1. The lowest BCUT2D eigenvalue weighted by Gasteiger charge is -2.34. The molecule has 7 nitrogen and oxygen atoms in total. The van der Waals surface area contributed by atoms with E-state index in [1.807, 2.05) is 32.2 Å². The van der Waals surface area contributed by atoms with Crippen molar-refractivity contribution >= 4 is 11.7 Å². The fraction of sp³-hybridized carbons (Fsp3) is 0.379. The number of hydrogen-bond acceptors (Lipinski definition) is 5. The Bertz CT molecular complexity index is 1100. The lowest BCUT2D eigenvalue weighted by atomic mass is 10.0. The highest BCUT2D eigenvalue weighted by atomic mass is 19.1. The minimum atomic E-state index is -0.393. The maximum Gasteiger partial charge on any atom is 0.322 e. The van der Waals surface area contributed by atoms with Crippen LogP contribution in [0.4, 0.5) is 14.9 Å². The summed E-state index contributed by atoms with van der Waals surface area (Å²) in [5.74, 6) is -0.379. The van der Waals surface area contributed by atoms with Crippen molar-refractivity contribution in [3.05, 3.63) is 84.3 Å². The molecule has 1 heterocycles. The van der Waals surface area contributed by atoms with Gasteiger partial charge in [0.15, 0.2) is 0 Å². The van der Waals surface area contributed by atoms with Crippen molar-refractivity contribution in [1.82, 2.24) is 14.8 Å². The fourth-order valence-corrected chi connectivity index (χ4v) is 4.20. The van der Waals surface area contributed by atoms with Gasteiger partial charge in [0, 0.05) is 50.1 Å². The number of anilines is 1. The second-order valence-corrected chi connectivity index (χ2v) is 9.48. The van der Waals surface area contributed by atoms with Gasteiger partial charge < -0.3 is 20.1 Å². The van der Waals surface area contributed by atoms with Gasteiger partial charge in [-0.1, -0.05) is 37.3 Å². The zero-order valence-corrected chi connectivity index (χ0v) is 22.0. The Morgan fingerprint density at radius 1 is 1.05 bits per heavy atom. The van der Waals surface area contributed by atoms with Crippen molar-refractivity contribution in [2.45, 2.75) is 32.5 Å². The highest BCUT2D eigenvalue weighted by Gasteiger charge is 2.27. The smallest absolute Gasteiger partial charge is 0.322 e. The number of nitrogens with zero attached hydrogens (tertiary/aromatic N) is 3.